The summed E-state index contributed by atoms with van der Waals surface area (Å²) in [5, 5.41) is 0. The molecule has 2 aliphatic heterocycles. The van der Waals surface area contributed by atoms with Gasteiger partial charge in [0.2, 0.25) is 5.72 Å². The molecule has 224 valence electrons. The van der Waals surface area contributed by atoms with Crippen molar-refractivity contribution in [3.05, 3.63) is 89.5 Å². The molecular weight excluding hydrogens is 534 g/mol. The fraction of sp³-hybridized carbons (Fsp3) is 0.441. The number of benzene rings is 3. The lowest BCUT2D eigenvalue weighted by molar-refractivity contribution is -0.984. The largest absolute Gasteiger partial charge is 0.497 e. The molecule has 0 aliphatic carbocycles. The summed E-state index contributed by atoms with van der Waals surface area (Å²) in [6, 6.07) is 24.0. The number of hydrogen-bond acceptors (Lipinski definition) is 7. The van der Waals surface area contributed by atoms with Gasteiger partial charge in [-0.15, -0.1) is 0 Å². The van der Waals surface area contributed by atoms with Gasteiger partial charge in [0.05, 0.1) is 54.4 Å². The maximum absolute atomic E-state index is 12.2. The Morgan fingerprint density at radius 1 is 0.738 bits per heavy atom. The number of nitrogens with zero attached hydrogens (tertiary/aromatic N) is 1. The molecule has 0 amide bonds. The Morgan fingerprint density at radius 2 is 1.17 bits per heavy atom. The normalized spacial score (nSPS) is 24.6. The van der Waals surface area contributed by atoms with Crippen LogP contribution in [0.4, 0.5) is 0 Å². The van der Waals surface area contributed by atoms with Gasteiger partial charge in [-0.2, -0.15) is 0 Å². The van der Waals surface area contributed by atoms with Crippen molar-refractivity contribution in [3.63, 3.8) is 0 Å². The molecule has 3 aromatic rings. The van der Waals surface area contributed by atoms with E-state index in [2.05, 4.69) is 50.5 Å². The minimum Gasteiger partial charge on any atom is -0.497 e. The first-order valence-corrected chi connectivity index (χ1v) is 14.3. The Kier molecular flexibility index (Phi) is 8.25. The van der Waals surface area contributed by atoms with E-state index in [4.69, 9.17) is 28.4 Å². The van der Waals surface area contributed by atoms with Gasteiger partial charge in [0.1, 0.15) is 28.9 Å². The monoisotopic (exact) mass is 576 g/mol. The van der Waals surface area contributed by atoms with Gasteiger partial charge in [-0.1, -0.05) is 36.4 Å². The minimum absolute atomic E-state index is 0.00732. The molecule has 2 saturated heterocycles. The summed E-state index contributed by atoms with van der Waals surface area (Å²) in [5.74, 6) is 1.96. The zero-order valence-electron chi connectivity index (χ0n) is 25.6. The first kappa shape index (κ1) is 29.9. The quantitative estimate of drug-likeness (QED) is 0.184. The Labute approximate surface area is 248 Å². The van der Waals surface area contributed by atoms with E-state index in [1.165, 1.54) is 6.92 Å². The number of quaternary nitrogens is 1. The van der Waals surface area contributed by atoms with Gasteiger partial charge in [0.15, 0.2) is 6.10 Å². The van der Waals surface area contributed by atoms with Crippen LogP contribution in [0.2, 0.25) is 0 Å². The molecule has 0 N–H and O–H groups in total. The maximum atomic E-state index is 12.2. The molecule has 5 rings (SSSR count). The third-order valence-electron chi connectivity index (χ3n) is 9.36. The number of methoxy groups -OCH3 is 4. The van der Waals surface area contributed by atoms with Gasteiger partial charge < -0.3 is 28.4 Å². The SMILES string of the molecule is COc1ccc(C(OC23CC(OC)CC(C(OC(C)=O)C2)[N+]3(C)C)(c2ccc(OC)cc2)c2ccc(OC)cc2)cc1. The second-order valence-corrected chi connectivity index (χ2v) is 11.7. The average molecular weight is 577 g/mol. The van der Waals surface area contributed by atoms with Crippen LogP contribution in [0.1, 0.15) is 42.9 Å². The van der Waals surface area contributed by atoms with Crippen molar-refractivity contribution in [1.29, 1.82) is 0 Å². The van der Waals surface area contributed by atoms with Gasteiger partial charge in [-0.05, 0) is 53.1 Å². The van der Waals surface area contributed by atoms with Gasteiger partial charge in [0, 0.05) is 20.5 Å². The summed E-state index contributed by atoms with van der Waals surface area (Å²) in [7, 11) is 11.1. The van der Waals surface area contributed by atoms with E-state index in [1.807, 2.05) is 36.4 Å². The van der Waals surface area contributed by atoms with Crippen molar-refractivity contribution in [2.75, 3.05) is 42.5 Å². The molecular formula is C34H42NO7+. The highest BCUT2D eigenvalue weighted by Gasteiger charge is 2.69. The highest BCUT2D eigenvalue weighted by molar-refractivity contribution is 5.66. The number of esters is 1. The van der Waals surface area contributed by atoms with E-state index in [0.29, 0.717) is 17.3 Å². The van der Waals surface area contributed by atoms with E-state index in [9.17, 15) is 4.79 Å². The second-order valence-electron chi connectivity index (χ2n) is 11.7. The molecule has 0 spiro atoms. The summed E-state index contributed by atoms with van der Waals surface area (Å²) in [5.41, 5.74) is 0.967. The van der Waals surface area contributed by atoms with Gasteiger partial charge in [-0.25, -0.2) is 0 Å². The molecule has 2 heterocycles. The topological polar surface area (TPSA) is 72.5 Å². The summed E-state index contributed by atoms with van der Waals surface area (Å²) >= 11 is 0. The Bertz CT molecular complexity index is 1250. The van der Waals surface area contributed by atoms with Crippen LogP contribution < -0.4 is 14.2 Å². The van der Waals surface area contributed by atoms with Crippen LogP contribution in [0.25, 0.3) is 0 Å². The number of ether oxygens (including phenoxy) is 6. The predicted molar refractivity (Wildman–Crippen MR) is 159 cm³/mol. The van der Waals surface area contributed by atoms with Gasteiger partial charge in [-0.3, -0.25) is 9.28 Å². The highest BCUT2D eigenvalue weighted by Crippen LogP contribution is 2.56. The second kappa shape index (κ2) is 11.6. The van der Waals surface area contributed by atoms with Crippen LogP contribution in [0.5, 0.6) is 17.2 Å². The minimum atomic E-state index is -1.06. The van der Waals surface area contributed by atoms with Crippen molar-refractivity contribution in [2.24, 2.45) is 0 Å². The summed E-state index contributed by atoms with van der Waals surface area (Å²) in [6.45, 7) is 1.47. The number of carbonyl (C=O) groups is 1. The van der Waals surface area contributed by atoms with E-state index in [1.54, 1.807) is 28.4 Å². The zero-order valence-corrected chi connectivity index (χ0v) is 25.6. The lowest BCUT2D eigenvalue weighted by atomic mass is 9.79. The molecule has 3 aromatic carbocycles. The molecule has 0 saturated carbocycles. The van der Waals surface area contributed by atoms with Gasteiger partial charge in [0.25, 0.3) is 0 Å². The van der Waals surface area contributed by atoms with E-state index in [-0.39, 0.29) is 24.2 Å². The first-order chi connectivity index (χ1) is 20.1. The molecule has 2 aliphatic rings. The number of carbonyl (C=O) groups excluding carboxylic acids is 1. The van der Waals surface area contributed by atoms with Crippen LogP contribution in [-0.2, 0) is 24.6 Å². The molecule has 4 atom stereocenters. The van der Waals surface area contributed by atoms with Crippen LogP contribution in [-0.4, -0.2) is 77.0 Å². The Hall–Kier alpha value is -3.59. The number of piperidine rings is 1. The number of likely N-dealkylation sites (N-methyl/N-ethyl adjacent to an activating group) is 1. The lowest BCUT2D eigenvalue weighted by Gasteiger charge is -2.54. The summed E-state index contributed by atoms with van der Waals surface area (Å²) < 4.78 is 36.8. The van der Waals surface area contributed by atoms with Crippen molar-refractivity contribution in [2.45, 2.75) is 55.8 Å². The van der Waals surface area contributed by atoms with Crippen molar-refractivity contribution >= 4 is 5.97 Å². The molecule has 2 fully saturated rings. The van der Waals surface area contributed by atoms with E-state index >= 15 is 0 Å². The fourth-order valence-corrected chi connectivity index (χ4v) is 7.00. The lowest BCUT2D eigenvalue weighted by Crippen LogP contribution is -2.67. The number of rotatable bonds is 10. The molecule has 8 heteroatoms. The fourth-order valence-electron chi connectivity index (χ4n) is 7.00. The van der Waals surface area contributed by atoms with Crippen LogP contribution in [0.3, 0.4) is 0 Å². The van der Waals surface area contributed by atoms with Crippen LogP contribution in [0.15, 0.2) is 72.8 Å². The third kappa shape index (κ3) is 5.02. The molecule has 8 nitrogen and oxygen atoms in total. The van der Waals surface area contributed by atoms with Gasteiger partial charge >= 0.3 is 5.97 Å². The smallest absolute Gasteiger partial charge is 0.303 e. The van der Waals surface area contributed by atoms with Crippen molar-refractivity contribution in [3.8, 4) is 17.2 Å². The molecule has 0 aromatic heterocycles. The highest BCUT2D eigenvalue weighted by atomic mass is 16.6. The number of fused-ring (bicyclic) bond motifs is 2. The maximum Gasteiger partial charge on any atom is 0.303 e. The Morgan fingerprint density at radius 3 is 1.52 bits per heavy atom. The van der Waals surface area contributed by atoms with E-state index in [0.717, 1.165) is 40.4 Å². The van der Waals surface area contributed by atoms with Crippen LogP contribution in [0, 0.1) is 0 Å². The third-order valence-corrected chi connectivity index (χ3v) is 9.36. The first-order valence-electron chi connectivity index (χ1n) is 14.3. The summed E-state index contributed by atoms with van der Waals surface area (Å²) in [4.78, 5) is 12.2. The van der Waals surface area contributed by atoms with Crippen molar-refractivity contribution in [1.82, 2.24) is 0 Å². The Balaban J connectivity index is 1.78. The number of hydrogen-bond donors (Lipinski definition) is 0. The zero-order chi connectivity index (χ0) is 30.1. The molecule has 2 bridgehead atoms. The average Bonchev–Trinajstić information content (AvgIpc) is 3.10. The van der Waals surface area contributed by atoms with Crippen LogP contribution >= 0.6 is 0 Å². The molecule has 4 unspecified atom stereocenters. The summed E-state index contributed by atoms with van der Waals surface area (Å²) in [6.07, 6.45) is 1.58. The predicted octanol–water partition coefficient (Wildman–Crippen LogP) is 5.31. The molecule has 0 radical (unpaired) electrons. The molecule has 42 heavy (non-hydrogen) atoms. The standard InChI is InChI=1S/C34H42NO7/c1-23(36)41-32-22-33(21-30(40-7)20-31(32)35(33,2)3)42-34(24-8-14-27(37-4)15-9-24,25-10-16-28(38-5)17-11-25)26-12-18-29(39-6)19-13-26/h8-19,30-32H,20-22H2,1-7H3/q+1. The van der Waals surface area contributed by atoms with E-state index < -0.39 is 11.3 Å². The van der Waals surface area contributed by atoms with Crippen molar-refractivity contribution < 1.29 is 37.7 Å².